The molecule has 2 fully saturated rings. The van der Waals surface area contributed by atoms with Crippen molar-refractivity contribution in [2.24, 2.45) is 16.7 Å². The molecule has 2 saturated carbocycles. The minimum atomic E-state index is -4.08. The maximum absolute atomic E-state index is 11.9. The number of hydrogen-bond acceptors (Lipinski definition) is 3. The fraction of sp³-hybridized carbons (Fsp3) is 0.900. The van der Waals surface area contributed by atoms with E-state index in [1.165, 1.54) is 0 Å². The van der Waals surface area contributed by atoms with Crippen LogP contribution in [-0.2, 0) is 14.9 Å². The molecule has 2 atom stereocenters. The molecule has 0 amide bonds. The number of carbonyl (C=O) groups is 1. The Labute approximate surface area is 118 Å². The van der Waals surface area contributed by atoms with Crippen LogP contribution >= 0.6 is 0 Å². The van der Waals surface area contributed by atoms with Crippen molar-refractivity contribution in [3.63, 3.8) is 0 Å². The predicted molar refractivity (Wildman–Crippen MR) is 60.7 cm³/mol. The van der Waals surface area contributed by atoms with Gasteiger partial charge in [0.2, 0.25) is 0 Å². The van der Waals surface area contributed by atoms with Crippen LogP contribution in [0.1, 0.15) is 33.1 Å². The zero-order valence-corrected chi connectivity index (χ0v) is 12.8. The van der Waals surface area contributed by atoms with E-state index < -0.39 is 21.3 Å². The third kappa shape index (κ3) is 1.90. The summed E-state index contributed by atoms with van der Waals surface area (Å²) >= 11 is 0. The molecule has 87 valence electrons. The molecule has 2 bridgehead atoms. The Morgan fingerprint density at radius 1 is 1.44 bits per heavy atom. The van der Waals surface area contributed by atoms with Gasteiger partial charge in [0.15, 0.2) is 0 Å². The Hall–Kier alpha value is 0.580. The van der Waals surface area contributed by atoms with Crippen molar-refractivity contribution < 1.29 is 17.8 Å². The molecule has 0 aromatic heterocycles. The van der Waals surface area contributed by atoms with E-state index in [-0.39, 0.29) is 46.7 Å². The minimum Gasteiger partial charge on any atom is -0.299 e. The molecule has 2 unspecified atom stereocenters. The SMILES string of the molecule is CC1(C)C2CCC1(CS(=O)(=O)O)C(=O)C2.[Na]. The third-order valence-corrected chi connectivity index (χ3v) is 5.43. The van der Waals surface area contributed by atoms with Crippen LogP contribution in [0.2, 0.25) is 0 Å². The standard InChI is InChI=1S/C10H16O4S.Na/c1-9(2)7-3-4-10(9,8(11)5-7)6-15(12,13)14;/h7H,3-6H2,1-2H3,(H,12,13,14);. The molecule has 2 aliphatic carbocycles. The van der Waals surface area contributed by atoms with Gasteiger partial charge in [0.05, 0.1) is 11.2 Å². The summed E-state index contributed by atoms with van der Waals surface area (Å²) in [6.45, 7) is 3.89. The van der Waals surface area contributed by atoms with E-state index in [1.807, 2.05) is 13.8 Å². The maximum atomic E-state index is 11.9. The van der Waals surface area contributed by atoms with E-state index in [0.717, 1.165) is 6.42 Å². The maximum Gasteiger partial charge on any atom is 0.265 e. The Balaban J connectivity index is 0.00000128. The molecule has 16 heavy (non-hydrogen) atoms. The van der Waals surface area contributed by atoms with Crippen LogP contribution in [0.15, 0.2) is 0 Å². The van der Waals surface area contributed by atoms with Crippen molar-refractivity contribution in [2.75, 3.05) is 5.75 Å². The van der Waals surface area contributed by atoms with Crippen molar-refractivity contribution in [3.05, 3.63) is 0 Å². The molecule has 2 rings (SSSR count). The van der Waals surface area contributed by atoms with E-state index in [9.17, 15) is 13.2 Å². The Morgan fingerprint density at radius 3 is 2.31 bits per heavy atom. The van der Waals surface area contributed by atoms with Crippen molar-refractivity contribution in [3.8, 4) is 0 Å². The van der Waals surface area contributed by atoms with Crippen molar-refractivity contribution in [2.45, 2.75) is 33.1 Å². The summed E-state index contributed by atoms with van der Waals surface area (Å²) in [5.74, 6) is -0.101. The Bertz CT molecular complexity index is 415. The summed E-state index contributed by atoms with van der Waals surface area (Å²) in [4.78, 5) is 11.9. The van der Waals surface area contributed by atoms with Crippen LogP contribution in [0.4, 0.5) is 0 Å². The first-order chi connectivity index (χ1) is 6.69. The van der Waals surface area contributed by atoms with E-state index >= 15 is 0 Å². The number of Topliss-reactive ketones (excluding diaryl/α,β-unsaturated/α-hetero) is 1. The van der Waals surface area contributed by atoms with Crippen molar-refractivity contribution in [1.82, 2.24) is 0 Å². The molecule has 0 aromatic rings. The van der Waals surface area contributed by atoms with Gasteiger partial charge < -0.3 is 0 Å². The summed E-state index contributed by atoms with van der Waals surface area (Å²) in [5.41, 5.74) is -1.12. The first kappa shape index (κ1) is 14.6. The summed E-state index contributed by atoms with van der Waals surface area (Å²) in [6.07, 6.45) is 1.97. The Kier molecular flexibility index (Phi) is 3.71. The zero-order valence-electron chi connectivity index (χ0n) is 9.99. The number of carbonyl (C=O) groups excluding carboxylic acids is 1. The quantitative estimate of drug-likeness (QED) is 0.587. The average molecular weight is 255 g/mol. The molecule has 2 aliphatic rings. The van der Waals surface area contributed by atoms with Gasteiger partial charge >= 0.3 is 0 Å². The summed E-state index contributed by atoms with van der Waals surface area (Å²) in [5, 5.41) is 0. The van der Waals surface area contributed by atoms with Gasteiger partial charge in [0.25, 0.3) is 10.1 Å². The second-order valence-electron chi connectivity index (χ2n) is 5.39. The molecule has 0 saturated heterocycles. The van der Waals surface area contributed by atoms with Crippen LogP contribution in [0.25, 0.3) is 0 Å². The second-order valence-corrected chi connectivity index (χ2v) is 6.85. The fourth-order valence-corrected chi connectivity index (χ4v) is 4.72. The third-order valence-electron chi connectivity index (χ3n) is 4.57. The Morgan fingerprint density at radius 2 is 2.00 bits per heavy atom. The van der Waals surface area contributed by atoms with Crippen LogP contribution in [0.5, 0.6) is 0 Å². The van der Waals surface area contributed by atoms with E-state index in [2.05, 4.69) is 0 Å². The van der Waals surface area contributed by atoms with E-state index in [0.29, 0.717) is 12.8 Å². The molecule has 1 radical (unpaired) electrons. The molecule has 0 spiro atoms. The topological polar surface area (TPSA) is 71.4 Å². The summed E-state index contributed by atoms with van der Waals surface area (Å²) in [7, 11) is -4.08. The van der Waals surface area contributed by atoms with Gasteiger partial charge in [0, 0.05) is 36.0 Å². The minimum absolute atomic E-state index is 0. The van der Waals surface area contributed by atoms with Gasteiger partial charge in [-0.3, -0.25) is 9.35 Å². The van der Waals surface area contributed by atoms with Crippen LogP contribution in [-0.4, -0.2) is 54.1 Å². The molecule has 1 N–H and O–H groups in total. The normalized spacial score (nSPS) is 36.2. The number of rotatable bonds is 2. The van der Waals surface area contributed by atoms with Crippen LogP contribution in [0.3, 0.4) is 0 Å². The predicted octanol–water partition coefficient (Wildman–Crippen LogP) is 0.889. The number of hydrogen-bond donors (Lipinski definition) is 1. The van der Waals surface area contributed by atoms with Gasteiger partial charge in [-0.2, -0.15) is 8.42 Å². The monoisotopic (exact) mass is 255 g/mol. The summed E-state index contributed by atoms with van der Waals surface area (Å²) < 4.78 is 31.0. The zero-order chi connectivity index (χ0) is 11.5. The van der Waals surface area contributed by atoms with Crippen molar-refractivity contribution >= 4 is 45.5 Å². The van der Waals surface area contributed by atoms with E-state index in [4.69, 9.17) is 4.55 Å². The number of fused-ring (bicyclic) bond motifs is 2. The van der Waals surface area contributed by atoms with Crippen molar-refractivity contribution in [1.29, 1.82) is 0 Å². The molecular weight excluding hydrogens is 239 g/mol. The molecule has 0 aliphatic heterocycles. The molecule has 6 heteroatoms. The first-order valence-electron chi connectivity index (χ1n) is 5.17. The fourth-order valence-electron chi connectivity index (χ4n) is 3.42. The average Bonchev–Trinajstić information content (AvgIpc) is 2.34. The van der Waals surface area contributed by atoms with Crippen LogP contribution < -0.4 is 0 Å². The molecule has 0 aromatic carbocycles. The van der Waals surface area contributed by atoms with Gasteiger partial charge in [0.1, 0.15) is 5.78 Å². The van der Waals surface area contributed by atoms with E-state index in [1.54, 1.807) is 0 Å². The molecule has 0 heterocycles. The first-order valence-corrected chi connectivity index (χ1v) is 6.78. The van der Waals surface area contributed by atoms with Gasteiger partial charge in [-0.25, -0.2) is 0 Å². The van der Waals surface area contributed by atoms with Gasteiger partial charge in [-0.15, -0.1) is 0 Å². The van der Waals surface area contributed by atoms with Gasteiger partial charge in [-0.05, 0) is 24.2 Å². The van der Waals surface area contributed by atoms with Crippen LogP contribution in [0, 0.1) is 16.7 Å². The number of ketones is 1. The van der Waals surface area contributed by atoms with Gasteiger partial charge in [-0.1, -0.05) is 13.8 Å². The summed E-state index contributed by atoms with van der Waals surface area (Å²) in [6, 6.07) is 0. The largest absolute Gasteiger partial charge is 0.299 e. The smallest absolute Gasteiger partial charge is 0.265 e. The second kappa shape index (κ2) is 4.05. The molecule has 4 nitrogen and oxygen atoms in total. The molecular formula is C10H16NaO4S.